The molecule has 0 spiro atoms. The molecule has 0 atom stereocenters. The summed E-state index contributed by atoms with van der Waals surface area (Å²) < 4.78 is 5.34. The van der Waals surface area contributed by atoms with Crippen LogP contribution >= 0.6 is 0 Å². The van der Waals surface area contributed by atoms with E-state index in [9.17, 15) is 9.90 Å². The molecule has 1 aromatic heterocycles. The predicted octanol–water partition coefficient (Wildman–Crippen LogP) is 2.09. The lowest BCUT2D eigenvalue weighted by molar-refractivity contribution is -0.120. The van der Waals surface area contributed by atoms with E-state index in [2.05, 4.69) is 10.3 Å². The first kappa shape index (κ1) is 15.8. The van der Waals surface area contributed by atoms with Crippen LogP contribution in [0.4, 0.5) is 0 Å². The van der Waals surface area contributed by atoms with Crippen molar-refractivity contribution >= 4 is 5.91 Å². The van der Waals surface area contributed by atoms with Crippen molar-refractivity contribution in [3.05, 3.63) is 53.7 Å². The fourth-order valence-corrected chi connectivity index (χ4v) is 2.05. The van der Waals surface area contributed by atoms with E-state index >= 15 is 0 Å². The molecule has 2 aromatic rings. The largest absolute Gasteiger partial charge is 0.508 e. The number of para-hydroxylation sites is 1. The van der Waals surface area contributed by atoms with Gasteiger partial charge in [0, 0.05) is 30.3 Å². The Balaban J connectivity index is 1.80. The SMILES string of the molecule is CCOc1cccc(CCNC(=O)Cc2ccccc2O)n1. The van der Waals surface area contributed by atoms with Crippen LogP contribution in [0.2, 0.25) is 0 Å². The third-order valence-corrected chi connectivity index (χ3v) is 3.12. The smallest absolute Gasteiger partial charge is 0.224 e. The first-order valence-electron chi connectivity index (χ1n) is 7.31. The molecule has 0 saturated carbocycles. The number of nitrogens with one attached hydrogen (secondary N) is 1. The topological polar surface area (TPSA) is 71.5 Å². The van der Waals surface area contributed by atoms with Gasteiger partial charge < -0.3 is 15.2 Å². The Labute approximate surface area is 130 Å². The Hall–Kier alpha value is -2.56. The third-order valence-electron chi connectivity index (χ3n) is 3.12. The normalized spacial score (nSPS) is 10.2. The maximum absolute atomic E-state index is 11.9. The summed E-state index contributed by atoms with van der Waals surface area (Å²) in [4.78, 5) is 16.2. The summed E-state index contributed by atoms with van der Waals surface area (Å²) in [6, 6.07) is 12.4. The summed E-state index contributed by atoms with van der Waals surface area (Å²) >= 11 is 0. The van der Waals surface area contributed by atoms with E-state index in [-0.39, 0.29) is 18.1 Å². The minimum Gasteiger partial charge on any atom is -0.508 e. The van der Waals surface area contributed by atoms with Gasteiger partial charge in [0.1, 0.15) is 5.75 Å². The highest BCUT2D eigenvalue weighted by atomic mass is 16.5. The van der Waals surface area contributed by atoms with Gasteiger partial charge in [-0.15, -0.1) is 0 Å². The average molecular weight is 300 g/mol. The first-order chi connectivity index (χ1) is 10.7. The van der Waals surface area contributed by atoms with Crippen molar-refractivity contribution in [2.24, 2.45) is 0 Å². The molecule has 0 saturated heterocycles. The second-order valence-electron chi connectivity index (χ2n) is 4.81. The number of aromatic hydroxyl groups is 1. The molecule has 0 aliphatic carbocycles. The van der Waals surface area contributed by atoms with Crippen LogP contribution in [0.25, 0.3) is 0 Å². The first-order valence-corrected chi connectivity index (χ1v) is 7.31. The molecule has 0 fully saturated rings. The molecule has 5 heteroatoms. The Kier molecular flexibility index (Phi) is 5.77. The van der Waals surface area contributed by atoms with Gasteiger partial charge in [-0.3, -0.25) is 4.79 Å². The van der Waals surface area contributed by atoms with E-state index in [0.717, 1.165) is 5.69 Å². The van der Waals surface area contributed by atoms with Crippen LogP contribution < -0.4 is 10.1 Å². The van der Waals surface area contributed by atoms with Gasteiger partial charge in [-0.2, -0.15) is 0 Å². The van der Waals surface area contributed by atoms with E-state index in [1.807, 2.05) is 25.1 Å². The van der Waals surface area contributed by atoms with E-state index in [1.54, 1.807) is 24.3 Å². The number of ether oxygens (including phenoxy) is 1. The van der Waals surface area contributed by atoms with Crippen molar-refractivity contribution in [2.75, 3.05) is 13.2 Å². The fourth-order valence-electron chi connectivity index (χ4n) is 2.05. The Morgan fingerprint density at radius 3 is 2.82 bits per heavy atom. The molecule has 0 aliphatic rings. The van der Waals surface area contributed by atoms with Crippen molar-refractivity contribution in [3.8, 4) is 11.6 Å². The average Bonchev–Trinajstić information content (AvgIpc) is 2.50. The molecule has 0 aliphatic heterocycles. The maximum atomic E-state index is 11.9. The summed E-state index contributed by atoms with van der Waals surface area (Å²) in [6.45, 7) is 2.98. The van der Waals surface area contributed by atoms with E-state index in [1.165, 1.54) is 0 Å². The Morgan fingerprint density at radius 2 is 2.05 bits per heavy atom. The zero-order chi connectivity index (χ0) is 15.8. The van der Waals surface area contributed by atoms with Crippen molar-refractivity contribution in [1.82, 2.24) is 10.3 Å². The third kappa shape index (κ3) is 4.77. The van der Waals surface area contributed by atoms with Gasteiger partial charge in [-0.1, -0.05) is 24.3 Å². The quantitative estimate of drug-likeness (QED) is 0.821. The number of aromatic nitrogens is 1. The van der Waals surface area contributed by atoms with Crippen LogP contribution in [0.3, 0.4) is 0 Å². The summed E-state index contributed by atoms with van der Waals surface area (Å²) in [6.07, 6.45) is 0.798. The number of benzene rings is 1. The van der Waals surface area contributed by atoms with Crippen molar-refractivity contribution in [1.29, 1.82) is 0 Å². The molecular formula is C17H20N2O3. The number of amides is 1. The summed E-state index contributed by atoms with van der Waals surface area (Å²) in [7, 11) is 0. The van der Waals surface area contributed by atoms with Gasteiger partial charge in [0.25, 0.3) is 0 Å². The lowest BCUT2D eigenvalue weighted by Crippen LogP contribution is -2.27. The zero-order valence-electron chi connectivity index (χ0n) is 12.6. The van der Waals surface area contributed by atoms with Crippen LogP contribution in [-0.4, -0.2) is 29.1 Å². The van der Waals surface area contributed by atoms with Crippen molar-refractivity contribution in [3.63, 3.8) is 0 Å². The highest BCUT2D eigenvalue weighted by Gasteiger charge is 2.07. The molecule has 0 radical (unpaired) electrons. The fraction of sp³-hybridized carbons (Fsp3) is 0.294. The standard InChI is InChI=1S/C17H20N2O3/c1-2-22-17-9-5-7-14(19-17)10-11-18-16(21)12-13-6-3-4-8-15(13)20/h3-9,20H,2,10-12H2,1H3,(H,18,21). The predicted molar refractivity (Wildman–Crippen MR) is 83.9 cm³/mol. The van der Waals surface area contributed by atoms with Gasteiger partial charge >= 0.3 is 0 Å². The van der Waals surface area contributed by atoms with Gasteiger partial charge in [0.15, 0.2) is 0 Å². The molecular weight excluding hydrogens is 280 g/mol. The molecule has 1 aromatic carbocycles. The molecule has 116 valence electrons. The summed E-state index contributed by atoms with van der Waals surface area (Å²) in [5.41, 5.74) is 1.49. The van der Waals surface area contributed by atoms with Crippen LogP contribution in [-0.2, 0) is 17.6 Å². The van der Waals surface area contributed by atoms with Crippen LogP contribution in [0.1, 0.15) is 18.2 Å². The molecule has 0 unspecified atom stereocenters. The van der Waals surface area contributed by atoms with Gasteiger partial charge in [-0.05, 0) is 19.1 Å². The lowest BCUT2D eigenvalue weighted by atomic mass is 10.1. The highest BCUT2D eigenvalue weighted by molar-refractivity contribution is 5.79. The molecule has 1 amide bonds. The maximum Gasteiger partial charge on any atom is 0.224 e. The van der Waals surface area contributed by atoms with Crippen LogP contribution in [0.15, 0.2) is 42.5 Å². The molecule has 1 heterocycles. The number of hydrogen-bond donors (Lipinski definition) is 2. The van der Waals surface area contributed by atoms with E-state index in [4.69, 9.17) is 4.74 Å². The molecule has 22 heavy (non-hydrogen) atoms. The Bertz CT molecular complexity index is 629. The molecule has 2 N–H and O–H groups in total. The number of carbonyl (C=O) groups excluding carboxylic acids is 1. The monoisotopic (exact) mass is 300 g/mol. The minimum absolute atomic E-state index is 0.123. The number of hydrogen-bond acceptors (Lipinski definition) is 4. The summed E-state index contributed by atoms with van der Waals surface area (Å²) in [5, 5.41) is 12.5. The number of rotatable bonds is 7. The van der Waals surface area contributed by atoms with Crippen LogP contribution in [0.5, 0.6) is 11.6 Å². The molecule has 5 nitrogen and oxygen atoms in total. The van der Waals surface area contributed by atoms with Crippen LogP contribution in [0, 0.1) is 0 Å². The van der Waals surface area contributed by atoms with Crippen molar-refractivity contribution in [2.45, 2.75) is 19.8 Å². The lowest BCUT2D eigenvalue weighted by Gasteiger charge is -2.07. The highest BCUT2D eigenvalue weighted by Crippen LogP contribution is 2.15. The van der Waals surface area contributed by atoms with E-state index < -0.39 is 0 Å². The zero-order valence-corrected chi connectivity index (χ0v) is 12.6. The van der Waals surface area contributed by atoms with E-state index in [0.29, 0.717) is 31.0 Å². The second-order valence-corrected chi connectivity index (χ2v) is 4.81. The van der Waals surface area contributed by atoms with Gasteiger partial charge in [-0.25, -0.2) is 4.98 Å². The van der Waals surface area contributed by atoms with Crippen molar-refractivity contribution < 1.29 is 14.6 Å². The number of carbonyl (C=O) groups is 1. The summed E-state index contributed by atoms with van der Waals surface area (Å²) in [5.74, 6) is 0.617. The van der Waals surface area contributed by atoms with Gasteiger partial charge in [0.2, 0.25) is 11.8 Å². The molecule has 0 bridgehead atoms. The number of phenolic OH excluding ortho intramolecular Hbond substituents is 1. The number of phenols is 1. The number of nitrogens with zero attached hydrogens (tertiary/aromatic N) is 1. The molecule has 2 rings (SSSR count). The Morgan fingerprint density at radius 1 is 1.23 bits per heavy atom. The number of pyridine rings is 1. The van der Waals surface area contributed by atoms with Gasteiger partial charge in [0.05, 0.1) is 13.0 Å². The second kappa shape index (κ2) is 8.02. The minimum atomic E-state index is -0.123.